The lowest BCUT2D eigenvalue weighted by Crippen LogP contribution is -2.24. The Morgan fingerprint density at radius 1 is 1.22 bits per heavy atom. The number of benzene rings is 1. The molecule has 98 valence electrons. The van der Waals surface area contributed by atoms with Gasteiger partial charge in [-0.05, 0) is 31.2 Å². The Bertz CT molecular complexity index is 539. The maximum Gasteiger partial charge on any atom is 0.147 e. The zero-order chi connectivity index (χ0) is 13.1. The number of nitrogens with one attached hydrogen (secondary N) is 1. The molecule has 0 aliphatic heterocycles. The van der Waals surface area contributed by atoms with E-state index in [2.05, 4.69) is 4.98 Å². The van der Waals surface area contributed by atoms with E-state index in [4.69, 9.17) is 5.11 Å². The Hall–Kier alpha value is -1.46. The van der Waals surface area contributed by atoms with Crippen LogP contribution in [0, 0.1) is 11.6 Å². The lowest BCUT2D eigenvalue weighted by Gasteiger charge is -2.14. The van der Waals surface area contributed by atoms with Crippen LogP contribution in [0.1, 0.15) is 5.56 Å². The molecule has 0 fully saturated rings. The van der Waals surface area contributed by atoms with Crippen molar-refractivity contribution in [2.75, 3.05) is 26.7 Å². The van der Waals surface area contributed by atoms with E-state index in [-0.39, 0.29) is 12.1 Å². The Morgan fingerprint density at radius 3 is 2.67 bits per heavy atom. The third-order valence-electron chi connectivity index (χ3n) is 3.06. The van der Waals surface area contributed by atoms with E-state index in [9.17, 15) is 8.78 Å². The standard InChI is InChI=1S/C13H16F2N2O/c1-17(6-7-18)5-4-9-8-16-13-11(15)3-2-10(14)12(9)13/h2-3,8,16,18H,4-7H2,1H3. The summed E-state index contributed by atoms with van der Waals surface area (Å²) in [5.41, 5.74) is 0.974. The summed E-state index contributed by atoms with van der Waals surface area (Å²) in [6.07, 6.45) is 2.25. The molecule has 0 saturated carbocycles. The van der Waals surface area contributed by atoms with Crippen LogP contribution in [0.15, 0.2) is 18.3 Å². The van der Waals surface area contributed by atoms with Gasteiger partial charge in [0.1, 0.15) is 11.6 Å². The van der Waals surface area contributed by atoms with Crippen molar-refractivity contribution in [3.05, 3.63) is 35.5 Å². The van der Waals surface area contributed by atoms with Crippen LogP contribution in [-0.4, -0.2) is 41.7 Å². The molecule has 5 heteroatoms. The van der Waals surface area contributed by atoms with Crippen molar-refractivity contribution < 1.29 is 13.9 Å². The lowest BCUT2D eigenvalue weighted by molar-refractivity contribution is 0.223. The summed E-state index contributed by atoms with van der Waals surface area (Å²) in [7, 11) is 1.88. The number of hydrogen-bond donors (Lipinski definition) is 2. The van der Waals surface area contributed by atoms with E-state index in [0.29, 0.717) is 24.9 Å². The molecule has 1 aromatic carbocycles. The number of aliphatic hydroxyl groups excluding tert-OH is 1. The maximum absolute atomic E-state index is 13.7. The van der Waals surface area contributed by atoms with Gasteiger partial charge in [-0.3, -0.25) is 0 Å². The number of halogens is 2. The van der Waals surface area contributed by atoms with Crippen molar-refractivity contribution in [2.24, 2.45) is 0 Å². The van der Waals surface area contributed by atoms with Crippen molar-refractivity contribution in [1.29, 1.82) is 0 Å². The molecule has 2 rings (SSSR count). The van der Waals surface area contributed by atoms with Crippen LogP contribution in [0.2, 0.25) is 0 Å². The minimum Gasteiger partial charge on any atom is -0.395 e. The quantitative estimate of drug-likeness (QED) is 0.855. The number of aromatic nitrogens is 1. The van der Waals surface area contributed by atoms with Gasteiger partial charge in [0.05, 0.1) is 12.1 Å². The molecule has 2 aromatic rings. The molecule has 1 aromatic heterocycles. The monoisotopic (exact) mass is 254 g/mol. The lowest BCUT2D eigenvalue weighted by atomic mass is 10.1. The van der Waals surface area contributed by atoms with Crippen LogP contribution in [0.25, 0.3) is 10.9 Å². The van der Waals surface area contributed by atoms with E-state index >= 15 is 0 Å². The minimum atomic E-state index is -0.443. The molecule has 0 atom stereocenters. The molecule has 3 nitrogen and oxygen atoms in total. The van der Waals surface area contributed by atoms with Gasteiger partial charge in [0.15, 0.2) is 0 Å². The maximum atomic E-state index is 13.7. The Labute approximate surface area is 104 Å². The van der Waals surface area contributed by atoms with E-state index in [0.717, 1.165) is 17.7 Å². The largest absolute Gasteiger partial charge is 0.395 e. The first kappa shape index (κ1) is 13.0. The Kier molecular flexibility index (Phi) is 3.93. The zero-order valence-corrected chi connectivity index (χ0v) is 10.2. The molecular formula is C13H16F2N2O. The predicted octanol–water partition coefficient (Wildman–Crippen LogP) is 1.91. The van der Waals surface area contributed by atoms with Crippen LogP contribution in [0.5, 0.6) is 0 Å². The summed E-state index contributed by atoms with van der Waals surface area (Å²) in [5.74, 6) is -0.853. The Morgan fingerprint density at radius 2 is 1.94 bits per heavy atom. The van der Waals surface area contributed by atoms with E-state index in [1.54, 1.807) is 6.20 Å². The molecule has 18 heavy (non-hydrogen) atoms. The van der Waals surface area contributed by atoms with Gasteiger partial charge in [-0.1, -0.05) is 0 Å². The van der Waals surface area contributed by atoms with Crippen LogP contribution in [-0.2, 0) is 6.42 Å². The number of hydrogen-bond acceptors (Lipinski definition) is 2. The molecule has 2 N–H and O–H groups in total. The molecule has 0 radical (unpaired) electrons. The average molecular weight is 254 g/mol. The van der Waals surface area contributed by atoms with E-state index < -0.39 is 11.6 Å². The highest BCUT2D eigenvalue weighted by Crippen LogP contribution is 2.24. The van der Waals surface area contributed by atoms with Crippen molar-refractivity contribution in [1.82, 2.24) is 9.88 Å². The van der Waals surface area contributed by atoms with E-state index in [1.165, 1.54) is 0 Å². The molecular weight excluding hydrogens is 238 g/mol. The van der Waals surface area contributed by atoms with Crippen molar-refractivity contribution in [3.8, 4) is 0 Å². The fraction of sp³-hybridized carbons (Fsp3) is 0.385. The number of aliphatic hydroxyl groups is 1. The van der Waals surface area contributed by atoms with Crippen LogP contribution in [0.3, 0.4) is 0 Å². The van der Waals surface area contributed by atoms with Crippen molar-refractivity contribution in [3.63, 3.8) is 0 Å². The highest BCUT2D eigenvalue weighted by atomic mass is 19.1. The minimum absolute atomic E-state index is 0.0906. The van der Waals surface area contributed by atoms with Gasteiger partial charge < -0.3 is 15.0 Å². The van der Waals surface area contributed by atoms with Crippen LogP contribution in [0.4, 0.5) is 8.78 Å². The van der Waals surface area contributed by atoms with Gasteiger partial charge >= 0.3 is 0 Å². The molecule has 0 aliphatic carbocycles. The second-order valence-electron chi connectivity index (χ2n) is 4.37. The summed E-state index contributed by atoms with van der Waals surface area (Å²) in [6.45, 7) is 1.34. The van der Waals surface area contributed by atoms with Gasteiger partial charge in [-0.15, -0.1) is 0 Å². The van der Waals surface area contributed by atoms with Gasteiger partial charge in [-0.25, -0.2) is 8.78 Å². The fourth-order valence-electron chi connectivity index (χ4n) is 2.03. The third kappa shape index (κ3) is 2.52. The normalized spacial score (nSPS) is 11.6. The van der Waals surface area contributed by atoms with Gasteiger partial charge in [0, 0.05) is 24.7 Å². The SMILES string of the molecule is CN(CCO)CCc1c[nH]c2c(F)ccc(F)c12. The molecule has 1 heterocycles. The number of nitrogens with zero attached hydrogens (tertiary/aromatic N) is 1. The summed E-state index contributed by atoms with van der Waals surface area (Å²) in [6, 6.07) is 2.27. The fourth-order valence-corrected chi connectivity index (χ4v) is 2.03. The van der Waals surface area contributed by atoms with Crippen molar-refractivity contribution in [2.45, 2.75) is 6.42 Å². The molecule has 0 spiro atoms. The number of rotatable bonds is 5. The first-order chi connectivity index (χ1) is 8.63. The number of fused-ring (bicyclic) bond motifs is 1. The van der Waals surface area contributed by atoms with Gasteiger partial charge in [-0.2, -0.15) is 0 Å². The predicted molar refractivity (Wildman–Crippen MR) is 66.5 cm³/mol. The zero-order valence-electron chi connectivity index (χ0n) is 10.2. The summed E-state index contributed by atoms with van der Waals surface area (Å²) in [5, 5.41) is 9.12. The van der Waals surface area contributed by atoms with E-state index in [1.807, 2.05) is 11.9 Å². The average Bonchev–Trinajstić information content (AvgIpc) is 2.77. The third-order valence-corrected chi connectivity index (χ3v) is 3.06. The molecule has 0 bridgehead atoms. The van der Waals surface area contributed by atoms with Crippen LogP contribution >= 0.6 is 0 Å². The highest BCUT2D eigenvalue weighted by molar-refractivity contribution is 5.84. The van der Waals surface area contributed by atoms with Crippen LogP contribution < -0.4 is 0 Å². The first-order valence-corrected chi connectivity index (χ1v) is 5.87. The topological polar surface area (TPSA) is 39.3 Å². The highest BCUT2D eigenvalue weighted by Gasteiger charge is 2.12. The Balaban J connectivity index is 2.21. The molecule has 0 unspecified atom stereocenters. The second kappa shape index (κ2) is 5.46. The number of H-pyrrole nitrogens is 1. The van der Waals surface area contributed by atoms with Gasteiger partial charge in [0.25, 0.3) is 0 Å². The van der Waals surface area contributed by atoms with Crippen molar-refractivity contribution >= 4 is 10.9 Å². The second-order valence-corrected chi connectivity index (χ2v) is 4.37. The summed E-state index contributed by atoms with van der Waals surface area (Å²) < 4.78 is 27.2. The molecule has 0 aliphatic rings. The number of aromatic amines is 1. The van der Waals surface area contributed by atoms with Gasteiger partial charge in [0.2, 0.25) is 0 Å². The first-order valence-electron chi connectivity index (χ1n) is 5.87. The number of likely N-dealkylation sites (N-methyl/N-ethyl adjacent to an activating group) is 1. The summed E-state index contributed by atoms with van der Waals surface area (Å²) >= 11 is 0. The smallest absolute Gasteiger partial charge is 0.147 e. The molecule has 0 amide bonds. The summed E-state index contributed by atoms with van der Waals surface area (Å²) in [4.78, 5) is 4.71. The molecule has 0 saturated heterocycles.